The van der Waals surface area contributed by atoms with E-state index in [-0.39, 0.29) is 24.1 Å². The second kappa shape index (κ2) is 11.0. The zero-order chi connectivity index (χ0) is 26.9. The van der Waals surface area contributed by atoms with Gasteiger partial charge >= 0.3 is 0 Å². The Morgan fingerprint density at radius 1 is 1.16 bits per heavy atom. The second-order valence-electron chi connectivity index (χ2n) is 10.8. The minimum absolute atomic E-state index is 0.0848. The summed E-state index contributed by atoms with van der Waals surface area (Å²) in [6.07, 6.45) is 1.82. The van der Waals surface area contributed by atoms with Crippen molar-refractivity contribution < 1.29 is 19.0 Å². The van der Waals surface area contributed by atoms with E-state index >= 15 is 0 Å². The van der Waals surface area contributed by atoms with Gasteiger partial charge in [0.05, 0.1) is 12.9 Å². The SMILES string of the molecule is CC(C)CN(CCNCC(=O)c1ccccc1)C[C@H]1O[C@@H](n2cnc3c(N)ncnc32)[C@@H]2OC(C)(C)O[C@@H]21. The van der Waals surface area contributed by atoms with Crippen molar-refractivity contribution in [3.05, 3.63) is 48.5 Å². The van der Waals surface area contributed by atoms with E-state index in [2.05, 4.69) is 39.0 Å². The molecular weight excluding hydrogens is 486 g/mol. The van der Waals surface area contributed by atoms with Crippen LogP contribution < -0.4 is 11.1 Å². The van der Waals surface area contributed by atoms with E-state index in [4.69, 9.17) is 19.9 Å². The molecule has 5 rings (SSSR count). The van der Waals surface area contributed by atoms with Gasteiger partial charge < -0.3 is 25.3 Å². The number of benzene rings is 1. The van der Waals surface area contributed by atoms with E-state index < -0.39 is 12.0 Å². The monoisotopic (exact) mass is 523 g/mol. The predicted octanol–water partition coefficient (Wildman–Crippen LogP) is 2.26. The van der Waals surface area contributed by atoms with Gasteiger partial charge in [0.1, 0.15) is 30.2 Å². The highest BCUT2D eigenvalue weighted by Crippen LogP contribution is 2.44. The maximum absolute atomic E-state index is 12.4. The molecule has 11 heteroatoms. The Bertz CT molecular complexity index is 1250. The van der Waals surface area contributed by atoms with Crippen molar-refractivity contribution in [1.29, 1.82) is 0 Å². The Morgan fingerprint density at radius 2 is 1.92 bits per heavy atom. The van der Waals surface area contributed by atoms with Gasteiger partial charge in [-0.15, -0.1) is 0 Å². The molecule has 2 aliphatic rings. The Kier molecular flexibility index (Phi) is 7.73. The van der Waals surface area contributed by atoms with Crippen molar-refractivity contribution in [2.75, 3.05) is 38.5 Å². The Hall–Kier alpha value is -2.96. The minimum Gasteiger partial charge on any atom is -0.382 e. The first-order chi connectivity index (χ1) is 18.2. The van der Waals surface area contributed by atoms with Crippen LogP contribution in [0.4, 0.5) is 5.82 Å². The number of nitrogens with zero attached hydrogens (tertiary/aromatic N) is 5. The van der Waals surface area contributed by atoms with Gasteiger partial charge in [0.2, 0.25) is 0 Å². The molecule has 0 aliphatic carbocycles. The van der Waals surface area contributed by atoms with Gasteiger partial charge in [0, 0.05) is 31.7 Å². The van der Waals surface area contributed by atoms with Crippen molar-refractivity contribution in [2.24, 2.45) is 5.92 Å². The lowest BCUT2D eigenvalue weighted by molar-refractivity contribution is -0.198. The van der Waals surface area contributed by atoms with Crippen molar-refractivity contribution in [3.63, 3.8) is 0 Å². The average molecular weight is 524 g/mol. The molecule has 3 aromatic rings. The van der Waals surface area contributed by atoms with Gasteiger partial charge in [0.15, 0.2) is 29.3 Å². The predicted molar refractivity (Wildman–Crippen MR) is 142 cm³/mol. The van der Waals surface area contributed by atoms with Gasteiger partial charge in [-0.25, -0.2) is 15.0 Å². The van der Waals surface area contributed by atoms with Crippen LogP contribution in [0, 0.1) is 5.92 Å². The lowest BCUT2D eigenvalue weighted by Crippen LogP contribution is -2.44. The quantitative estimate of drug-likeness (QED) is 0.285. The summed E-state index contributed by atoms with van der Waals surface area (Å²) in [5.74, 6) is 0.137. The first-order valence-electron chi connectivity index (χ1n) is 13.2. The van der Waals surface area contributed by atoms with E-state index in [9.17, 15) is 4.79 Å². The standard InChI is InChI=1S/C27H37N7O4/c1-17(2)13-33(11-10-29-12-19(35)18-8-6-5-7-9-18)14-20-22-23(38-27(3,4)37-22)26(36-20)34-16-32-21-24(28)30-15-31-25(21)34/h5-9,15-17,20,22-23,26,29H,10-14H2,1-4H3,(H2,28,30,31)/t20-,22-,23-,26-/m1/s1. The van der Waals surface area contributed by atoms with E-state index in [1.807, 2.05) is 48.7 Å². The van der Waals surface area contributed by atoms with E-state index in [1.165, 1.54) is 6.33 Å². The number of imidazole rings is 1. The molecule has 4 atom stereocenters. The molecule has 2 saturated heterocycles. The summed E-state index contributed by atoms with van der Waals surface area (Å²) in [4.78, 5) is 27.7. The molecule has 0 radical (unpaired) electrons. The fourth-order valence-corrected chi connectivity index (χ4v) is 5.28. The molecule has 204 valence electrons. The number of hydrogen-bond acceptors (Lipinski definition) is 10. The van der Waals surface area contributed by atoms with Gasteiger partial charge in [0.25, 0.3) is 0 Å². The largest absolute Gasteiger partial charge is 0.382 e. The molecule has 38 heavy (non-hydrogen) atoms. The fourth-order valence-electron chi connectivity index (χ4n) is 5.28. The third-order valence-corrected chi connectivity index (χ3v) is 6.83. The van der Waals surface area contributed by atoms with Crippen molar-refractivity contribution in [1.82, 2.24) is 29.7 Å². The lowest BCUT2D eigenvalue weighted by Gasteiger charge is -2.30. The first-order valence-corrected chi connectivity index (χ1v) is 13.2. The number of rotatable bonds is 11. The number of hydrogen-bond donors (Lipinski definition) is 2. The number of fused-ring (bicyclic) bond motifs is 2. The molecule has 2 fully saturated rings. The molecule has 0 spiro atoms. The van der Waals surface area contributed by atoms with Crippen molar-refractivity contribution in [3.8, 4) is 0 Å². The van der Waals surface area contributed by atoms with Crippen molar-refractivity contribution >= 4 is 22.8 Å². The highest BCUT2D eigenvalue weighted by Gasteiger charge is 2.56. The van der Waals surface area contributed by atoms with Crippen LogP contribution in [-0.2, 0) is 14.2 Å². The molecule has 4 heterocycles. The number of nitrogens with two attached hydrogens (primary N) is 1. The summed E-state index contributed by atoms with van der Waals surface area (Å²) in [7, 11) is 0. The molecule has 2 aromatic heterocycles. The zero-order valence-corrected chi connectivity index (χ0v) is 22.4. The van der Waals surface area contributed by atoms with Gasteiger partial charge in [-0.1, -0.05) is 44.2 Å². The van der Waals surface area contributed by atoms with Crippen LogP contribution in [0.25, 0.3) is 11.2 Å². The normalized spacial score (nSPS) is 24.5. The molecule has 0 bridgehead atoms. The number of nitrogens with one attached hydrogen (secondary N) is 1. The van der Waals surface area contributed by atoms with Gasteiger partial charge in [-0.05, 0) is 19.8 Å². The van der Waals surface area contributed by atoms with Crippen LogP contribution in [-0.4, -0.2) is 87.0 Å². The summed E-state index contributed by atoms with van der Waals surface area (Å²) in [6, 6.07) is 9.35. The summed E-state index contributed by atoms with van der Waals surface area (Å²) >= 11 is 0. The molecule has 2 aliphatic heterocycles. The third-order valence-electron chi connectivity index (χ3n) is 6.83. The van der Waals surface area contributed by atoms with E-state index in [1.54, 1.807) is 6.33 Å². The van der Waals surface area contributed by atoms with Crippen LogP contribution in [0.15, 0.2) is 43.0 Å². The van der Waals surface area contributed by atoms with E-state index in [0.29, 0.717) is 42.5 Å². The van der Waals surface area contributed by atoms with Crippen LogP contribution in [0.1, 0.15) is 44.3 Å². The Balaban J connectivity index is 1.27. The zero-order valence-electron chi connectivity index (χ0n) is 22.4. The molecule has 0 saturated carbocycles. The van der Waals surface area contributed by atoms with Crippen LogP contribution in [0.2, 0.25) is 0 Å². The molecular formula is C27H37N7O4. The average Bonchev–Trinajstić information content (AvgIpc) is 3.54. The van der Waals surface area contributed by atoms with Crippen LogP contribution in [0.5, 0.6) is 0 Å². The molecule has 0 unspecified atom stereocenters. The maximum atomic E-state index is 12.4. The summed E-state index contributed by atoms with van der Waals surface area (Å²) < 4.78 is 21.1. The minimum atomic E-state index is -0.734. The fraction of sp³-hybridized carbons (Fsp3) is 0.556. The van der Waals surface area contributed by atoms with Gasteiger partial charge in [-0.3, -0.25) is 14.3 Å². The number of ether oxygens (including phenoxy) is 3. The first kappa shape index (κ1) is 26.6. The van der Waals surface area contributed by atoms with Crippen LogP contribution >= 0.6 is 0 Å². The summed E-state index contributed by atoms with van der Waals surface area (Å²) in [6.45, 7) is 11.5. The number of anilines is 1. The number of aromatic nitrogens is 4. The summed E-state index contributed by atoms with van der Waals surface area (Å²) in [5.41, 5.74) is 7.86. The number of nitrogen functional groups attached to an aromatic ring is 1. The molecule has 11 nitrogen and oxygen atoms in total. The number of carbonyl (C=O) groups excluding carboxylic acids is 1. The Labute approximate surface area is 222 Å². The summed E-state index contributed by atoms with van der Waals surface area (Å²) in [5, 5.41) is 3.30. The topological polar surface area (TPSA) is 130 Å². The highest BCUT2D eigenvalue weighted by molar-refractivity contribution is 5.97. The van der Waals surface area contributed by atoms with Crippen molar-refractivity contribution in [2.45, 2.75) is 58.0 Å². The number of ketones is 1. The molecule has 3 N–H and O–H groups in total. The van der Waals surface area contributed by atoms with E-state index in [0.717, 1.165) is 18.7 Å². The Morgan fingerprint density at radius 3 is 2.68 bits per heavy atom. The maximum Gasteiger partial charge on any atom is 0.176 e. The highest BCUT2D eigenvalue weighted by atomic mass is 16.8. The smallest absolute Gasteiger partial charge is 0.176 e. The molecule has 0 amide bonds. The molecule has 1 aromatic carbocycles. The van der Waals surface area contributed by atoms with Gasteiger partial charge in [-0.2, -0.15) is 0 Å². The lowest BCUT2D eigenvalue weighted by atomic mass is 10.1. The number of carbonyl (C=O) groups is 1. The van der Waals surface area contributed by atoms with Crippen LogP contribution in [0.3, 0.4) is 0 Å². The second-order valence-corrected chi connectivity index (χ2v) is 10.8. The third kappa shape index (κ3) is 5.71. The number of Topliss-reactive ketones (excluding diaryl/α,β-unsaturated/α-hetero) is 1.